The van der Waals surface area contributed by atoms with Crippen molar-refractivity contribution in [3.63, 3.8) is 0 Å². The van der Waals surface area contributed by atoms with Gasteiger partial charge in [0.25, 0.3) is 0 Å². The maximum atomic E-state index is 13.3. The average molecular weight is 466 g/mol. The second-order valence-corrected chi connectivity index (χ2v) is 8.80. The predicted molar refractivity (Wildman–Crippen MR) is 121 cm³/mol. The molecule has 1 aromatic heterocycles. The van der Waals surface area contributed by atoms with Crippen molar-refractivity contribution < 1.29 is 18.3 Å². The molecule has 32 heavy (non-hydrogen) atoms. The molecule has 0 spiro atoms. The van der Waals surface area contributed by atoms with E-state index in [1.165, 1.54) is 19.3 Å². The Bertz CT molecular complexity index is 1080. The van der Waals surface area contributed by atoms with Gasteiger partial charge in [-0.2, -0.15) is 13.2 Å². The second-order valence-electron chi connectivity index (χ2n) is 8.80. The number of benzene rings is 2. The summed E-state index contributed by atoms with van der Waals surface area (Å²) in [5.41, 5.74) is 1.19. The Labute approximate surface area is 191 Å². The van der Waals surface area contributed by atoms with Crippen molar-refractivity contribution in [2.24, 2.45) is 5.92 Å². The van der Waals surface area contributed by atoms with E-state index < -0.39 is 11.7 Å². The van der Waals surface area contributed by atoms with Crippen LogP contribution < -0.4 is 0 Å². The molecule has 2 aromatic carbocycles. The first-order valence-electron chi connectivity index (χ1n) is 11.0. The molecule has 0 aliphatic carbocycles. The zero-order valence-corrected chi connectivity index (χ0v) is 18.5. The number of hydrogen-bond acceptors (Lipinski definition) is 3. The van der Waals surface area contributed by atoms with E-state index in [0.717, 1.165) is 55.7 Å². The molecular weight excluding hydrogens is 439 g/mol. The number of halogens is 4. The van der Waals surface area contributed by atoms with Crippen LogP contribution in [0.5, 0.6) is 5.75 Å². The third-order valence-corrected chi connectivity index (χ3v) is 6.85. The third-order valence-electron chi connectivity index (χ3n) is 6.85. The summed E-state index contributed by atoms with van der Waals surface area (Å²) in [6.45, 7) is 3.02. The maximum absolute atomic E-state index is 13.3. The minimum Gasteiger partial charge on any atom is -0.508 e. The highest BCUT2D eigenvalue weighted by molar-refractivity contribution is 5.85. The number of fused-ring (bicyclic) bond motifs is 2. The lowest BCUT2D eigenvalue weighted by molar-refractivity contribution is -0.137. The van der Waals surface area contributed by atoms with Crippen molar-refractivity contribution in [1.82, 2.24) is 14.5 Å². The third kappa shape index (κ3) is 4.33. The highest BCUT2D eigenvalue weighted by Crippen LogP contribution is 2.36. The van der Waals surface area contributed by atoms with Gasteiger partial charge in [0.15, 0.2) is 0 Å². The molecule has 8 heteroatoms. The smallest absolute Gasteiger partial charge is 0.416 e. The molecule has 1 N–H and O–H groups in total. The van der Waals surface area contributed by atoms with Crippen molar-refractivity contribution in [1.29, 1.82) is 0 Å². The van der Waals surface area contributed by atoms with Crippen molar-refractivity contribution in [2.45, 2.75) is 50.9 Å². The van der Waals surface area contributed by atoms with Gasteiger partial charge in [-0.1, -0.05) is 6.42 Å². The summed E-state index contributed by atoms with van der Waals surface area (Å²) in [7, 11) is 0. The number of alkyl halides is 3. The molecule has 1 unspecified atom stereocenters. The largest absolute Gasteiger partial charge is 0.508 e. The van der Waals surface area contributed by atoms with Crippen LogP contribution in [0.1, 0.15) is 37.7 Å². The van der Waals surface area contributed by atoms with Gasteiger partial charge in [0.05, 0.1) is 16.6 Å². The van der Waals surface area contributed by atoms with E-state index in [1.54, 1.807) is 30.3 Å². The Morgan fingerprint density at radius 3 is 2.47 bits per heavy atom. The normalized spacial score (nSPS) is 21.8. The van der Waals surface area contributed by atoms with Gasteiger partial charge in [0.2, 0.25) is 0 Å². The first-order chi connectivity index (χ1) is 14.9. The van der Waals surface area contributed by atoms with Crippen LogP contribution in [0.15, 0.2) is 42.5 Å². The fraction of sp³-hybridized carbons (Fsp3) is 0.458. The molecule has 4 nitrogen and oxygen atoms in total. The van der Waals surface area contributed by atoms with E-state index in [9.17, 15) is 18.3 Å². The summed E-state index contributed by atoms with van der Waals surface area (Å²) >= 11 is 0. The number of rotatable bonds is 3. The summed E-state index contributed by atoms with van der Waals surface area (Å²) in [5.74, 6) is 1.25. The minimum absolute atomic E-state index is 0. The SMILES string of the molecule is Cl.Oc1ccc(-c2nc3cc(C(F)(F)F)ccc3n2C[C@H]2CCCN3CCCCC23)cc1. The molecule has 0 saturated carbocycles. The summed E-state index contributed by atoms with van der Waals surface area (Å²) in [5, 5.41) is 9.67. The second kappa shape index (κ2) is 8.94. The zero-order valence-electron chi connectivity index (χ0n) is 17.7. The van der Waals surface area contributed by atoms with Crippen LogP contribution in [-0.4, -0.2) is 38.7 Å². The molecule has 2 aliphatic heterocycles. The maximum Gasteiger partial charge on any atom is 0.416 e. The molecular formula is C24H27ClF3N3O. The molecule has 2 fully saturated rings. The first kappa shape index (κ1) is 22.9. The molecule has 2 saturated heterocycles. The summed E-state index contributed by atoms with van der Waals surface area (Å²) in [6.07, 6.45) is 1.54. The predicted octanol–water partition coefficient (Wildman–Crippen LogP) is 6.11. The van der Waals surface area contributed by atoms with Crippen molar-refractivity contribution in [3.05, 3.63) is 48.0 Å². The van der Waals surface area contributed by atoms with E-state index >= 15 is 0 Å². The van der Waals surface area contributed by atoms with E-state index in [4.69, 9.17) is 0 Å². The van der Waals surface area contributed by atoms with Gasteiger partial charge < -0.3 is 14.6 Å². The number of imidazole rings is 1. The molecule has 3 aromatic rings. The van der Waals surface area contributed by atoms with Gasteiger partial charge in [0, 0.05) is 18.2 Å². The highest BCUT2D eigenvalue weighted by atomic mass is 35.5. The number of phenols is 1. The first-order valence-corrected chi connectivity index (χ1v) is 11.0. The fourth-order valence-corrected chi connectivity index (χ4v) is 5.35. The van der Waals surface area contributed by atoms with Crippen LogP contribution >= 0.6 is 12.4 Å². The fourth-order valence-electron chi connectivity index (χ4n) is 5.35. The lowest BCUT2D eigenvalue weighted by Gasteiger charge is -2.44. The molecule has 0 amide bonds. The molecule has 5 rings (SSSR count). The van der Waals surface area contributed by atoms with Gasteiger partial charge in [0.1, 0.15) is 11.6 Å². The summed E-state index contributed by atoms with van der Waals surface area (Å²) in [6, 6.07) is 11.1. The number of aromatic nitrogens is 2. The van der Waals surface area contributed by atoms with Gasteiger partial charge in [-0.05, 0) is 87.2 Å². The average Bonchev–Trinajstić information content (AvgIpc) is 3.11. The lowest BCUT2D eigenvalue weighted by Crippen LogP contribution is -2.49. The summed E-state index contributed by atoms with van der Waals surface area (Å²) in [4.78, 5) is 7.22. The number of aromatic hydroxyl groups is 1. The van der Waals surface area contributed by atoms with Gasteiger partial charge in [-0.25, -0.2) is 4.98 Å². The molecule has 172 valence electrons. The van der Waals surface area contributed by atoms with Gasteiger partial charge in [-0.15, -0.1) is 12.4 Å². The van der Waals surface area contributed by atoms with Gasteiger partial charge in [-0.3, -0.25) is 0 Å². The van der Waals surface area contributed by atoms with E-state index in [1.807, 2.05) is 0 Å². The molecule has 2 atom stereocenters. The van der Waals surface area contributed by atoms with Crippen LogP contribution in [0.2, 0.25) is 0 Å². The van der Waals surface area contributed by atoms with Crippen molar-refractivity contribution in [3.8, 4) is 17.1 Å². The van der Waals surface area contributed by atoms with E-state index in [2.05, 4.69) is 14.5 Å². The molecule has 2 aliphatic rings. The van der Waals surface area contributed by atoms with Crippen molar-refractivity contribution in [2.75, 3.05) is 13.1 Å². The van der Waals surface area contributed by atoms with E-state index in [-0.39, 0.29) is 18.2 Å². The van der Waals surface area contributed by atoms with Crippen LogP contribution in [0, 0.1) is 5.92 Å². The molecule has 0 radical (unpaired) electrons. The standard InChI is InChI=1S/C24H26F3N3O.ClH/c25-24(26,27)18-8-11-22-20(14-18)28-23(16-6-9-19(31)10-7-16)30(22)15-17-4-3-13-29-12-2-1-5-21(17)29;/h6-11,14,17,21,31H,1-5,12-13,15H2;1H/t17-,21?;/m1./s1. The number of phenolic OH excluding ortho intramolecular Hbond substituents is 1. The Balaban J connectivity index is 0.00000245. The van der Waals surface area contributed by atoms with Gasteiger partial charge >= 0.3 is 6.18 Å². The number of piperidine rings is 2. The van der Waals surface area contributed by atoms with E-state index in [0.29, 0.717) is 23.3 Å². The minimum atomic E-state index is -4.40. The van der Waals surface area contributed by atoms with Crippen LogP contribution in [0.25, 0.3) is 22.4 Å². The highest BCUT2D eigenvalue weighted by Gasteiger charge is 2.34. The lowest BCUT2D eigenvalue weighted by atomic mass is 9.83. The van der Waals surface area contributed by atoms with Crippen LogP contribution in [0.3, 0.4) is 0 Å². The Hall–Kier alpha value is -2.25. The quantitative estimate of drug-likeness (QED) is 0.507. The topological polar surface area (TPSA) is 41.3 Å². The Morgan fingerprint density at radius 2 is 1.72 bits per heavy atom. The Kier molecular flexibility index (Phi) is 6.41. The zero-order chi connectivity index (χ0) is 21.6. The number of hydrogen-bond donors (Lipinski definition) is 1. The van der Waals surface area contributed by atoms with Crippen LogP contribution in [-0.2, 0) is 12.7 Å². The number of nitrogens with zero attached hydrogens (tertiary/aromatic N) is 3. The van der Waals surface area contributed by atoms with Crippen molar-refractivity contribution >= 4 is 23.4 Å². The molecule has 0 bridgehead atoms. The monoisotopic (exact) mass is 465 g/mol. The summed E-state index contributed by atoms with van der Waals surface area (Å²) < 4.78 is 41.9. The Morgan fingerprint density at radius 1 is 0.969 bits per heavy atom. The molecule has 3 heterocycles. The van der Waals surface area contributed by atoms with Crippen LogP contribution in [0.4, 0.5) is 13.2 Å².